The minimum atomic E-state index is -0.319. The van der Waals surface area contributed by atoms with E-state index < -0.39 is 0 Å². The summed E-state index contributed by atoms with van der Waals surface area (Å²) in [5.74, 6) is 1.09. The standard InChI is InChI=1S/C21H32N8O3/c1-3-16-13-24-20(25-14-16)28-6-8-29(9-7-28)21-26-15-17(18(22)27-21)19(30)23-5-10-32-12-11-31-4-2/h13-15H,3-12H2,1-2H3,(H,23,30)(H2,22,26,27). The van der Waals surface area contributed by atoms with Crippen LogP contribution in [0.1, 0.15) is 29.8 Å². The Kier molecular flexibility index (Phi) is 8.93. The first kappa shape index (κ1) is 23.6. The number of amides is 1. The first-order chi connectivity index (χ1) is 15.6. The molecule has 3 N–H and O–H groups in total. The normalized spacial score (nSPS) is 13.9. The maximum atomic E-state index is 12.3. The van der Waals surface area contributed by atoms with E-state index in [2.05, 4.69) is 37.1 Å². The molecule has 0 aromatic carbocycles. The van der Waals surface area contributed by atoms with E-state index >= 15 is 0 Å². The molecule has 2 aromatic rings. The van der Waals surface area contributed by atoms with Gasteiger partial charge in [0, 0.05) is 57.9 Å². The lowest BCUT2D eigenvalue weighted by molar-refractivity contribution is 0.0531. The van der Waals surface area contributed by atoms with Crippen molar-refractivity contribution in [3.8, 4) is 0 Å². The number of piperazine rings is 1. The highest BCUT2D eigenvalue weighted by Gasteiger charge is 2.22. The molecule has 2 aromatic heterocycles. The van der Waals surface area contributed by atoms with Crippen LogP contribution in [0.4, 0.5) is 17.7 Å². The Morgan fingerprint density at radius 1 is 0.969 bits per heavy atom. The third-order valence-electron chi connectivity index (χ3n) is 5.10. The lowest BCUT2D eigenvalue weighted by Crippen LogP contribution is -2.47. The Balaban J connectivity index is 1.47. The number of aromatic nitrogens is 4. The zero-order chi connectivity index (χ0) is 22.8. The molecule has 174 valence electrons. The van der Waals surface area contributed by atoms with Crippen LogP contribution in [0, 0.1) is 0 Å². The third kappa shape index (κ3) is 6.47. The molecule has 1 fully saturated rings. The second kappa shape index (κ2) is 12.1. The topological polar surface area (TPSA) is 132 Å². The highest BCUT2D eigenvalue weighted by Crippen LogP contribution is 2.17. The predicted molar refractivity (Wildman–Crippen MR) is 122 cm³/mol. The molecule has 0 atom stereocenters. The molecule has 32 heavy (non-hydrogen) atoms. The largest absolute Gasteiger partial charge is 0.383 e. The fourth-order valence-electron chi connectivity index (χ4n) is 3.21. The van der Waals surface area contributed by atoms with Gasteiger partial charge < -0.3 is 30.3 Å². The molecule has 1 aliphatic rings. The molecule has 0 aliphatic carbocycles. The SMILES string of the molecule is CCOCCOCCNC(=O)c1cnc(N2CCN(c3ncc(CC)cn3)CC2)nc1N. The summed E-state index contributed by atoms with van der Waals surface area (Å²) < 4.78 is 10.6. The quantitative estimate of drug-likeness (QED) is 0.473. The number of nitrogens with zero attached hydrogens (tertiary/aromatic N) is 6. The van der Waals surface area contributed by atoms with Gasteiger partial charge in [-0.2, -0.15) is 4.98 Å². The molecule has 11 nitrogen and oxygen atoms in total. The lowest BCUT2D eigenvalue weighted by atomic mass is 10.3. The van der Waals surface area contributed by atoms with Gasteiger partial charge in [-0.15, -0.1) is 0 Å². The van der Waals surface area contributed by atoms with Gasteiger partial charge in [0.2, 0.25) is 11.9 Å². The van der Waals surface area contributed by atoms with E-state index in [0.29, 0.717) is 52.0 Å². The zero-order valence-electron chi connectivity index (χ0n) is 18.8. The summed E-state index contributed by atoms with van der Waals surface area (Å²) in [4.78, 5) is 34.1. The van der Waals surface area contributed by atoms with Crippen LogP contribution in [0.3, 0.4) is 0 Å². The van der Waals surface area contributed by atoms with Crippen molar-refractivity contribution in [2.45, 2.75) is 20.3 Å². The second-order valence-corrected chi connectivity index (χ2v) is 7.25. The minimum absolute atomic E-state index is 0.158. The van der Waals surface area contributed by atoms with Gasteiger partial charge in [0.25, 0.3) is 5.91 Å². The molecule has 0 radical (unpaired) electrons. The highest BCUT2D eigenvalue weighted by molar-refractivity contribution is 5.98. The van der Waals surface area contributed by atoms with E-state index in [0.717, 1.165) is 31.0 Å². The van der Waals surface area contributed by atoms with Crippen molar-refractivity contribution in [1.29, 1.82) is 0 Å². The van der Waals surface area contributed by atoms with Crippen LogP contribution in [0.2, 0.25) is 0 Å². The summed E-state index contributed by atoms with van der Waals surface area (Å²) in [7, 11) is 0. The molecule has 1 aliphatic heterocycles. The molecule has 0 unspecified atom stereocenters. The fourth-order valence-corrected chi connectivity index (χ4v) is 3.21. The summed E-state index contributed by atoms with van der Waals surface area (Å²) in [6, 6.07) is 0. The van der Waals surface area contributed by atoms with Crippen molar-refractivity contribution < 1.29 is 14.3 Å². The average molecular weight is 445 g/mol. The number of rotatable bonds is 11. The van der Waals surface area contributed by atoms with Crippen LogP contribution in [0.25, 0.3) is 0 Å². The van der Waals surface area contributed by atoms with E-state index in [-0.39, 0.29) is 17.3 Å². The van der Waals surface area contributed by atoms with Gasteiger partial charge in [0.15, 0.2) is 0 Å². The number of hydrogen-bond acceptors (Lipinski definition) is 10. The van der Waals surface area contributed by atoms with Gasteiger partial charge in [-0.1, -0.05) is 6.92 Å². The average Bonchev–Trinajstić information content (AvgIpc) is 2.83. The number of anilines is 3. The van der Waals surface area contributed by atoms with Crippen LogP contribution in [-0.2, 0) is 15.9 Å². The number of hydrogen-bond donors (Lipinski definition) is 2. The van der Waals surface area contributed by atoms with E-state index in [4.69, 9.17) is 15.2 Å². The maximum absolute atomic E-state index is 12.3. The molecular formula is C21H32N8O3. The monoisotopic (exact) mass is 444 g/mol. The molecule has 0 bridgehead atoms. The summed E-state index contributed by atoms with van der Waals surface area (Å²) >= 11 is 0. The number of ether oxygens (including phenoxy) is 2. The molecule has 11 heteroatoms. The molecular weight excluding hydrogens is 412 g/mol. The highest BCUT2D eigenvalue weighted by atomic mass is 16.5. The first-order valence-corrected chi connectivity index (χ1v) is 11.0. The van der Waals surface area contributed by atoms with Gasteiger partial charge in [-0.05, 0) is 18.9 Å². The van der Waals surface area contributed by atoms with Crippen LogP contribution < -0.4 is 20.9 Å². The number of nitrogens with two attached hydrogens (primary N) is 1. The molecule has 0 saturated carbocycles. The van der Waals surface area contributed by atoms with Gasteiger partial charge in [0.1, 0.15) is 5.82 Å². The number of nitrogen functional groups attached to an aromatic ring is 1. The summed E-state index contributed by atoms with van der Waals surface area (Å²) in [5.41, 5.74) is 7.42. The Morgan fingerprint density at radius 2 is 1.59 bits per heavy atom. The first-order valence-electron chi connectivity index (χ1n) is 11.0. The molecule has 3 heterocycles. The van der Waals surface area contributed by atoms with E-state index in [1.54, 1.807) is 0 Å². The second-order valence-electron chi connectivity index (χ2n) is 7.25. The van der Waals surface area contributed by atoms with Crippen molar-refractivity contribution in [2.75, 3.05) is 74.7 Å². The molecule has 1 saturated heterocycles. The Bertz CT molecular complexity index is 857. The predicted octanol–water partition coefficient (Wildman–Crippen LogP) is 0.521. The number of aryl methyl sites for hydroxylation is 1. The number of carbonyl (C=O) groups excluding carboxylic acids is 1. The van der Waals surface area contributed by atoms with Crippen LogP contribution in [-0.4, -0.2) is 85.0 Å². The van der Waals surface area contributed by atoms with Crippen molar-refractivity contribution in [2.24, 2.45) is 0 Å². The fraction of sp³-hybridized carbons (Fsp3) is 0.571. The summed E-state index contributed by atoms with van der Waals surface area (Å²) in [5, 5.41) is 2.76. The van der Waals surface area contributed by atoms with E-state index in [1.165, 1.54) is 6.20 Å². The number of nitrogens with one attached hydrogen (secondary N) is 1. The lowest BCUT2D eigenvalue weighted by Gasteiger charge is -2.34. The Hall–Kier alpha value is -3.05. The minimum Gasteiger partial charge on any atom is -0.383 e. The van der Waals surface area contributed by atoms with E-state index in [1.807, 2.05) is 24.2 Å². The Labute approximate surface area is 188 Å². The molecule has 0 spiro atoms. The van der Waals surface area contributed by atoms with Crippen molar-refractivity contribution in [1.82, 2.24) is 25.3 Å². The van der Waals surface area contributed by atoms with Crippen molar-refractivity contribution >= 4 is 23.6 Å². The summed E-state index contributed by atoms with van der Waals surface area (Å²) in [6.07, 6.45) is 6.13. The van der Waals surface area contributed by atoms with Gasteiger partial charge >= 0.3 is 0 Å². The zero-order valence-corrected chi connectivity index (χ0v) is 18.8. The smallest absolute Gasteiger partial charge is 0.256 e. The summed E-state index contributed by atoms with van der Waals surface area (Å²) in [6.45, 7) is 9.39. The van der Waals surface area contributed by atoms with Gasteiger partial charge in [-0.3, -0.25) is 4.79 Å². The van der Waals surface area contributed by atoms with Gasteiger partial charge in [-0.25, -0.2) is 15.0 Å². The number of carbonyl (C=O) groups is 1. The van der Waals surface area contributed by atoms with Crippen LogP contribution in [0.5, 0.6) is 0 Å². The Morgan fingerprint density at radius 3 is 2.22 bits per heavy atom. The van der Waals surface area contributed by atoms with Crippen LogP contribution >= 0.6 is 0 Å². The third-order valence-corrected chi connectivity index (χ3v) is 5.10. The van der Waals surface area contributed by atoms with Crippen molar-refractivity contribution in [3.05, 3.63) is 29.7 Å². The maximum Gasteiger partial charge on any atom is 0.256 e. The van der Waals surface area contributed by atoms with Gasteiger partial charge in [0.05, 0.1) is 25.4 Å². The molecule has 1 amide bonds. The van der Waals surface area contributed by atoms with Crippen LogP contribution in [0.15, 0.2) is 18.6 Å². The van der Waals surface area contributed by atoms with Crippen molar-refractivity contribution in [3.63, 3.8) is 0 Å². The van der Waals surface area contributed by atoms with E-state index in [9.17, 15) is 4.79 Å². The molecule has 3 rings (SSSR count).